The third kappa shape index (κ3) is 2.10. The highest BCUT2D eigenvalue weighted by atomic mass is 32.1. The van der Waals surface area contributed by atoms with Crippen molar-refractivity contribution in [3.8, 4) is 0 Å². The van der Waals surface area contributed by atoms with Crippen LogP contribution in [-0.2, 0) is 17.6 Å². The molecule has 0 saturated heterocycles. The molecule has 0 radical (unpaired) electrons. The Morgan fingerprint density at radius 1 is 1.19 bits per heavy atom. The largest absolute Gasteiger partial charge is 0.316 e. The molecule has 3 nitrogen and oxygen atoms in total. The number of thiophene rings is 1. The van der Waals surface area contributed by atoms with Gasteiger partial charge in [-0.25, -0.2) is 0 Å². The molecule has 1 aromatic heterocycles. The van der Waals surface area contributed by atoms with E-state index < -0.39 is 0 Å². The van der Waals surface area contributed by atoms with Gasteiger partial charge in [-0.05, 0) is 31.7 Å². The topological polar surface area (TPSA) is 41.5 Å². The van der Waals surface area contributed by atoms with Gasteiger partial charge in [0.2, 0.25) is 5.91 Å². The van der Waals surface area contributed by atoms with Gasteiger partial charge < -0.3 is 5.32 Å². The number of nitrogens with one attached hydrogen (secondary N) is 1. The fraction of sp³-hybridized carbons (Fsp3) is 0.294. The van der Waals surface area contributed by atoms with Crippen molar-refractivity contribution < 1.29 is 4.79 Å². The van der Waals surface area contributed by atoms with Gasteiger partial charge in [-0.15, -0.1) is 11.3 Å². The maximum absolute atomic E-state index is 11.9. The molecule has 2 aromatic rings. The van der Waals surface area contributed by atoms with E-state index in [2.05, 4.69) is 41.5 Å². The molecule has 0 saturated carbocycles. The van der Waals surface area contributed by atoms with Crippen molar-refractivity contribution in [2.75, 3.05) is 11.9 Å². The van der Waals surface area contributed by atoms with E-state index in [0.29, 0.717) is 0 Å². The second-order valence-corrected chi connectivity index (χ2v) is 6.75. The fourth-order valence-electron chi connectivity index (χ4n) is 3.09. The summed E-state index contributed by atoms with van der Waals surface area (Å²) in [5, 5.41) is 4.02. The van der Waals surface area contributed by atoms with Crippen molar-refractivity contribution in [2.45, 2.75) is 26.2 Å². The molecule has 0 fully saturated rings. The van der Waals surface area contributed by atoms with Crippen LogP contribution in [0.2, 0.25) is 0 Å². The number of hydrogen-bond donors (Lipinski definition) is 1. The summed E-state index contributed by atoms with van der Waals surface area (Å²) in [6.07, 6.45) is 3.44. The number of fused-ring (bicyclic) bond motifs is 3. The Kier molecular flexibility index (Phi) is 2.93. The van der Waals surface area contributed by atoms with Crippen LogP contribution in [-0.4, -0.2) is 18.2 Å². The maximum Gasteiger partial charge on any atom is 0.246 e. The lowest BCUT2D eigenvalue weighted by atomic mass is 9.98. The van der Waals surface area contributed by atoms with Crippen LogP contribution in [0.15, 0.2) is 29.3 Å². The van der Waals surface area contributed by atoms with E-state index in [1.54, 1.807) is 11.3 Å². The molecule has 1 aliphatic heterocycles. The first-order chi connectivity index (χ1) is 10.2. The van der Waals surface area contributed by atoms with Gasteiger partial charge in [0.25, 0.3) is 0 Å². The van der Waals surface area contributed by atoms with Crippen molar-refractivity contribution >= 4 is 28.0 Å². The summed E-state index contributed by atoms with van der Waals surface area (Å²) < 4.78 is 0. The normalized spacial score (nSPS) is 16.8. The zero-order chi connectivity index (χ0) is 14.4. The monoisotopic (exact) mass is 296 g/mol. The van der Waals surface area contributed by atoms with E-state index in [0.717, 1.165) is 29.1 Å². The predicted molar refractivity (Wildman–Crippen MR) is 86.7 cm³/mol. The van der Waals surface area contributed by atoms with Gasteiger partial charge in [-0.2, -0.15) is 0 Å². The molecule has 106 valence electrons. The van der Waals surface area contributed by atoms with Crippen molar-refractivity contribution in [1.29, 1.82) is 0 Å². The van der Waals surface area contributed by atoms with Gasteiger partial charge in [-0.1, -0.05) is 29.8 Å². The highest BCUT2D eigenvalue weighted by Gasteiger charge is 2.28. The Balaban J connectivity index is 1.91. The molecule has 21 heavy (non-hydrogen) atoms. The second kappa shape index (κ2) is 4.81. The lowest BCUT2D eigenvalue weighted by molar-refractivity contribution is -0.114. The number of benzene rings is 1. The van der Waals surface area contributed by atoms with Crippen LogP contribution in [0.4, 0.5) is 5.00 Å². The Morgan fingerprint density at radius 3 is 2.81 bits per heavy atom. The average Bonchev–Trinajstić information content (AvgIpc) is 2.99. The molecule has 4 heteroatoms. The van der Waals surface area contributed by atoms with E-state index in [1.807, 2.05) is 0 Å². The first-order valence-corrected chi connectivity index (χ1v) is 8.10. The first kappa shape index (κ1) is 12.8. The Labute approximate surface area is 127 Å². The summed E-state index contributed by atoms with van der Waals surface area (Å²) in [6.45, 7) is 2.29. The highest BCUT2D eigenvalue weighted by molar-refractivity contribution is 7.17. The van der Waals surface area contributed by atoms with Crippen LogP contribution >= 0.6 is 11.3 Å². The molecule has 1 amide bonds. The SMILES string of the molecule is Cc1ccc(C2=NCC(=O)Nc3sc4c(c32)CCC4)cc1. The summed E-state index contributed by atoms with van der Waals surface area (Å²) in [5.41, 5.74) is 5.88. The van der Waals surface area contributed by atoms with E-state index in [9.17, 15) is 4.79 Å². The Hall–Kier alpha value is -1.94. The third-order valence-corrected chi connectivity index (χ3v) is 5.32. The number of aryl methyl sites for hydroxylation is 2. The molecule has 0 atom stereocenters. The number of carbonyl (C=O) groups is 1. The van der Waals surface area contributed by atoms with Crippen LogP contribution in [0.3, 0.4) is 0 Å². The number of nitrogens with zero attached hydrogens (tertiary/aromatic N) is 1. The Morgan fingerprint density at radius 2 is 2.00 bits per heavy atom. The summed E-state index contributed by atoms with van der Waals surface area (Å²) in [7, 11) is 0. The molecular weight excluding hydrogens is 280 g/mol. The highest BCUT2D eigenvalue weighted by Crippen LogP contribution is 2.41. The number of rotatable bonds is 1. The van der Waals surface area contributed by atoms with Gasteiger partial charge in [0.1, 0.15) is 11.5 Å². The zero-order valence-corrected chi connectivity index (χ0v) is 12.7. The molecule has 2 heterocycles. The second-order valence-electron chi connectivity index (χ2n) is 5.64. The van der Waals surface area contributed by atoms with E-state index in [-0.39, 0.29) is 12.5 Å². The van der Waals surface area contributed by atoms with Gasteiger partial charge >= 0.3 is 0 Å². The van der Waals surface area contributed by atoms with Crippen molar-refractivity contribution in [3.05, 3.63) is 51.4 Å². The van der Waals surface area contributed by atoms with Crippen LogP contribution in [0.5, 0.6) is 0 Å². The minimum atomic E-state index is -0.0155. The van der Waals surface area contributed by atoms with Gasteiger partial charge in [0, 0.05) is 16.0 Å². The van der Waals surface area contributed by atoms with Crippen LogP contribution in [0.25, 0.3) is 0 Å². The molecule has 0 spiro atoms. The molecule has 2 aliphatic rings. The Bertz CT molecular complexity index is 756. The number of anilines is 1. The maximum atomic E-state index is 11.9. The first-order valence-electron chi connectivity index (χ1n) is 7.28. The summed E-state index contributed by atoms with van der Waals surface area (Å²) in [5.74, 6) is -0.0155. The van der Waals surface area contributed by atoms with Crippen molar-refractivity contribution in [1.82, 2.24) is 0 Å². The van der Waals surface area contributed by atoms with Crippen LogP contribution in [0.1, 0.15) is 33.6 Å². The van der Waals surface area contributed by atoms with Gasteiger partial charge in [0.15, 0.2) is 0 Å². The minimum Gasteiger partial charge on any atom is -0.316 e. The molecule has 1 aliphatic carbocycles. The third-order valence-electron chi connectivity index (χ3n) is 4.12. The van der Waals surface area contributed by atoms with Crippen LogP contribution in [0, 0.1) is 6.92 Å². The van der Waals surface area contributed by atoms with E-state index in [4.69, 9.17) is 0 Å². The molecule has 0 bridgehead atoms. The number of amides is 1. The van der Waals surface area contributed by atoms with Crippen molar-refractivity contribution in [2.24, 2.45) is 4.99 Å². The summed E-state index contributed by atoms with van der Waals surface area (Å²) in [4.78, 5) is 17.9. The lowest BCUT2D eigenvalue weighted by Gasteiger charge is -2.08. The quantitative estimate of drug-likeness (QED) is 0.861. The number of carbonyl (C=O) groups excluding carboxylic acids is 1. The average molecular weight is 296 g/mol. The molecule has 1 N–H and O–H groups in total. The van der Waals surface area contributed by atoms with Gasteiger partial charge in [-0.3, -0.25) is 9.79 Å². The number of aliphatic imine (C=N–C) groups is 1. The molecular formula is C17H16N2OS. The van der Waals surface area contributed by atoms with E-state index >= 15 is 0 Å². The zero-order valence-electron chi connectivity index (χ0n) is 11.9. The van der Waals surface area contributed by atoms with Gasteiger partial charge in [0.05, 0.1) is 5.71 Å². The molecule has 1 aromatic carbocycles. The summed E-state index contributed by atoms with van der Waals surface area (Å²) >= 11 is 1.73. The minimum absolute atomic E-state index is 0.0155. The van der Waals surface area contributed by atoms with E-state index in [1.165, 1.54) is 28.0 Å². The molecule has 4 rings (SSSR count). The smallest absolute Gasteiger partial charge is 0.246 e. The fourth-order valence-corrected chi connectivity index (χ4v) is 4.39. The standard InChI is InChI=1S/C17H16N2OS/c1-10-5-7-11(8-6-10)16-15-12-3-2-4-13(12)21-17(15)19-14(20)9-18-16/h5-8H,2-4,9H2,1H3,(H,19,20). The summed E-state index contributed by atoms with van der Waals surface area (Å²) in [6, 6.07) is 8.41. The number of hydrogen-bond acceptors (Lipinski definition) is 3. The lowest BCUT2D eigenvalue weighted by Crippen LogP contribution is -2.12. The van der Waals surface area contributed by atoms with Crippen LogP contribution < -0.4 is 5.32 Å². The molecule has 0 unspecified atom stereocenters. The predicted octanol–water partition coefficient (Wildman–Crippen LogP) is 3.33. The van der Waals surface area contributed by atoms with Crippen molar-refractivity contribution in [3.63, 3.8) is 0 Å².